The van der Waals surface area contributed by atoms with Crippen LogP contribution < -0.4 is 5.32 Å². The Labute approximate surface area is 103 Å². The van der Waals surface area contributed by atoms with Crippen LogP contribution in [0.15, 0.2) is 24.3 Å². The summed E-state index contributed by atoms with van der Waals surface area (Å²) in [5.41, 5.74) is 2.83. The molecule has 5 heteroatoms. The Kier molecular flexibility index (Phi) is 2.53. The number of benzene rings is 1. The van der Waals surface area contributed by atoms with Crippen LogP contribution in [0.4, 0.5) is 5.82 Å². The Morgan fingerprint density at radius 2 is 1.88 bits per heavy atom. The highest BCUT2D eigenvalue weighted by molar-refractivity contribution is 6.99. The van der Waals surface area contributed by atoms with Gasteiger partial charge in [-0.15, -0.1) is 0 Å². The SMILES string of the molecule is Clc1nsnc1NC1Cc2ccccc2C1. The van der Waals surface area contributed by atoms with Crippen molar-refractivity contribution < 1.29 is 0 Å². The summed E-state index contributed by atoms with van der Waals surface area (Å²) in [5.74, 6) is 0.712. The lowest BCUT2D eigenvalue weighted by Crippen LogP contribution is -2.19. The maximum absolute atomic E-state index is 5.90. The normalized spacial score (nSPS) is 15.1. The van der Waals surface area contributed by atoms with Gasteiger partial charge in [0, 0.05) is 6.04 Å². The van der Waals surface area contributed by atoms with E-state index in [1.54, 1.807) is 0 Å². The fraction of sp³-hybridized carbons (Fsp3) is 0.273. The number of hydrogen-bond donors (Lipinski definition) is 1. The van der Waals surface area contributed by atoms with Crippen molar-refractivity contribution in [2.75, 3.05) is 5.32 Å². The van der Waals surface area contributed by atoms with Crippen molar-refractivity contribution in [2.24, 2.45) is 0 Å². The molecule has 1 N–H and O–H groups in total. The van der Waals surface area contributed by atoms with Crippen molar-refractivity contribution in [2.45, 2.75) is 18.9 Å². The summed E-state index contributed by atoms with van der Waals surface area (Å²) < 4.78 is 8.07. The molecule has 2 aromatic rings. The molecule has 0 bridgehead atoms. The number of aromatic nitrogens is 2. The summed E-state index contributed by atoms with van der Waals surface area (Å²) in [4.78, 5) is 0. The van der Waals surface area contributed by atoms with Gasteiger partial charge < -0.3 is 5.32 Å². The second-order valence-corrected chi connectivity index (χ2v) is 4.81. The highest BCUT2D eigenvalue weighted by Gasteiger charge is 2.22. The summed E-state index contributed by atoms with van der Waals surface area (Å²) in [5, 5.41) is 3.81. The van der Waals surface area contributed by atoms with Crippen molar-refractivity contribution in [3.8, 4) is 0 Å². The highest BCUT2D eigenvalue weighted by atomic mass is 35.5. The molecule has 1 aromatic carbocycles. The van der Waals surface area contributed by atoms with E-state index in [9.17, 15) is 0 Å². The standard InChI is InChI=1S/C11H10ClN3S/c12-10-11(15-16-14-10)13-9-5-7-3-1-2-4-8(7)6-9/h1-4,9H,5-6H2,(H,13,15). The minimum Gasteiger partial charge on any atom is -0.363 e. The molecule has 0 fully saturated rings. The lowest BCUT2D eigenvalue weighted by Gasteiger charge is -2.10. The maximum Gasteiger partial charge on any atom is 0.186 e. The average molecular weight is 252 g/mol. The van der Waals surface area contributed by atoms with Gasteiger partial charge >= 0.3 is 0 Å². The predicted octanol–water partition coefficient (Wildman–Crippen LogP) is 2.77. The zero-order chi connectivity index (χ0) is 11.0. The molecule has 0 saturated heterocycles. The van der Waals surface area contributed by atoms with E-state index >= 15 is 0 Å². The number of halogens is 1. The molecule has 0 saturated carbocycles. The topological polar surface area (TPSA) is 37.8 Å². The fourth-order valence-corrected chi connectivity index (χ4v) is 2.78. The summed E-state index contributed by atoms with van der Waals surface area (Å²) in [6.07, 6.45) is 2.06. The summed E-state index contributed by atoms with van der Waals surface area (Å²) >= 11 is 7.04. The van der Waals surface area contributed by atoms with E-state index in [1.807, 2.05) is 0 Å². The van der Waals surface area contributed by atoms with Gasteiger partial charge in [-0.2, -0.15) is 8.75 Å². The van der Waals surface area contributed by atoms with E-state index in [0.29, 0.717) is 17.0 Å². The molecule has 3 rings (SSSR count). The smallest absolute Gasteiger partial charge is 0.186 e. The molecular formula is C11H10ClN3S. The molecule has 0 spiro atoms. The Morgan fingerprint density at radius 1 is 1.19 bits per heavy atom. The molecule has 3 nitrogen and oxygen atoms in total. The van der Waals surface area contributed by atoms with Gasteiger partial charge in [-0.05, 0) is 24.0 Å². The first-order valence-corrected chi connectivity index (χ1v) is 6.25. The molecule has 1 aromatic heterocycles. The van der Waals surface area contributed by atoms with Crippen molar-refractivity contribution in [1.82, 2.24) is 8.75 Å². The predicted molar refractivity (Wildman–Crippen MR) is 66.2 cm³/mol. The van der Waals surface area contributed by atoms with Crippen LogP contribution in [0.3, 0.4) is 0 Å². The first-order chi connectivity index (χ1) is 7.83. The summed E-state index contributed by atoms with van der Waals surface area (Å²) in [7, 11) is 0. The van der Waals surface area contributed by atoms with Gasteiger partial charge in [-0.3, -0.25) is 0 Å². The van der Waals surface area contributed by atoms with Crippen molar-refractivity contribution in [1.29, 1.82) is 0 Å². The monoisotopic (exact) mass is 251 g/mol. The van der Waals surface area contributed by atoms with Crippen LogP contribution in [0.25, 0.3) is 0 Å². The molecule has 1 aliphatic carbocycles. The third-order valence-corrected chi connectivity index (χ3v) is 3.73. The fourth-order valence-electron chi connectivity index (χ4n) is 2.12. The van der Waals surface area contributed by atoms with Gasteiger partial charge in [0.2, 0.25) is 0 Å². The van der Waals surface area contributed by atoms with E-state index in [-0.39, 0.29) is 0 Å². The molecule has 0 unspecified atom stereocenters. The largest absolute Gasteiger partial charge is 0.363 e. The van der Waals surface area contributed by atoms with Gasteiger partial charge in [0.1, 0.15) is 0 Å². The molecule has 0 amide bonds. The lowest BCUT2D eigenvalue weighted by atomic mass is 10.1. The van der Waals surface area contributed by atoms with E-state index in [2.05, 4.69) is 38.3 Å². The van der Waals surface area contributed by atoms with E-state index < -0.39 is 0 Å². The van der Waals surface area contributed by atoms with Gasteiger partial charge in [0.25, 0.3) is 0 Å². The summed E-state index contributed by atoms with van der Waals surface area (Å²) in [6, 6.07) is 8.91. The molecule has 1 heterocycles. The van der Waals surface area contributed by atoms with Crippen LogP contribution >= 0.6 is 23.3 Å². The first-order valence-electron chi connectivity index (χ1n) is 5.14. The van der Waals surface area contributed by atoms with Crippen molar-refractivity contribution in [3.05, 3.63) is 40.5 Å². The minimum absolute atomic E-state index is 0.388. The van der Waals surface area contributed by atoms with E-state index in [0.717, 1.165) is 24.6 Å². The number of hydrogen-bond acceptors (Lipinski definition) is 4. The number of nitrogens with one attached hydrogen (secondary N) is 1. The first kappa shape index (κ1) is 10.1. The quantitative estimate of drug-likeness (QED) is 0.892. The number of fused-ring (bicyclic) bond motifs is 1. The molecule has 1 aliphatic rings. The molecule has 0 radical (unpaired) electrons. The minimum atomic E-state index is 0.388. The maximum atomic E-state index is 5.90. The summed E-state index contributed by atoms with van der Waals surface area (Å²) in [6.45, 7) is 0. The zero-order valence-electron chi connectivity index (χ0n) is 8.48. The highest BCUT2D eigenvalue weighted by Crippen LogP contribution is 2.26. The number of nitrogens with zero attached hydrogens (tertiary/aromatic N) is 2. The van der Waals surface area contributed by atoms with E-state index in [4.69, 9.17) is 11.6 Å². The average Bonchev–Trinajstić information content (AvgIpc) is 2.85. The van der Waals surface area contributed by atoms with Gasteiger partial charge in [-0.1, -0.05) is 35.9 Å². The van der Waals surface area contributed by atoms with Gasteiger partial charge in [-0.25, -0.2) is 0 Å². The second kappa shape index (κ2) is 4.03. The van der Waals surface area contributed by atoms with Crippen LogP contribution in [0.1, 0.15) is 11.1 Å². The molecule has 0 aliphatic heterocycles. The van der Waals surface area contributed by atoms with Crippen molar-refractivity contribution >= 4 is 29.1 Å². The van der Waals surface area contributed by atoms with Gasteiger partial charge in [0.15, 0.2) is 11.0 Å². The third-order valence-electron chi connectivity index (χ3n) is 2.84. The Bertz CT molecular complexity index is 486. The molecule has 82 valence electrons. The Morgan fingerprint density at radius 3 is 2.44 bits per heavy atom. The van der Waals surface area contributed by atoms with Crippen molar-refractivity contribution in [3.63, 3.8) is 0 Å². The van der Waals surface area contributed by atoms with E-state index in [1.165, 1.54) is 11.1 Å². The number of rotatable bonds is 2. The molecule has 0 atom stereocenters. The molecule has 16 heavy (non-hydrogen) atoms. The lowest BCUT2D eigenvalue weighted by molar-refractivity contribution is 0.771. The van der Waals surface area contributed by atoms with Crippen LogP contribution in [-0.4, -0.2) is 14.8 Å². The van der Waals surface area contributed by atoms with Crippen LogP contribution in [0.2, 0.25) is 5.15 Å². The number of anilines is 1. The third kappa shape index (κ3) is 1.79. The Hall–Kier alpha value is -1.13. The zero-order valence-corrected chi connectivity index (χ0v) is 10.1. The molecular weight excluding hydrogens is 242 g/mol. The Balaban J connectivity index is 1.75. The van der Waals surface area contributed by atoms with Crippen LogP contribution in [0.5, 0.6) is 0 Å². The second-order valence-electron chi connectivity index (χ2n) is 3.92. The van der Waals surface area contributed by atoms with Crippen LogP contribution in [0, 0.1) is 0 Å². The van der Waals surface area contributed by atoms with Gasteiger partial charge in [0.05, 0.1) is 11.7 Å². The van der Waals surface area contributed by atoms with Crippen LogP contribution in [-0.2, 0) is 12.8 Å².